The average molecular weight is 333 g/mol. The highest BCUT2D eigenvalue weighted by molar-refractivity contribution is 6.05. The number of carbonyl (C=O) groups is 1. The lowest BCUT2D eigenvalue weighted by molar-refractivity contribution is 0.102. The Kier molecular flexibility index (Phi) is 5.21. The van der Waals surface area contributed by atoms with Crippen LogP contribution in [0, 0.1) is 0 Å². The Morgan fingerprint density at radius 1 is 0.920 bits per heavy atom. The van der Waals surface area contributed by atoms with Crippen molar-refractivity contribution in [3.63, 3.8) is 0 Å². The van der Waals surface area contributed by atoms with Crippen LogP contribution in [0.15, 0.2) is 67.0 Å². The summed E-state index contributed by atoms with van der Waals surface area (Å²) in [4.78, 5) is 19.9. The zero-order valence-corrected chi connectivity index (χ0v) is 13.6. The molecule has 0 atom stereocenters. The van der Waals surface area contributed by atoms with E-state index in [1.807, 2.05) is 42.5 Å². The minimum Gasteiger partial charge on any atom is -0.385 e. The highest BCUT2D eigenvalue weighted by Gasteiger charge is 2.11. The van der Waals surface area contributed by atoms with Crippen LogP contribution in [0.3, 0.4) is 0 Å². The van der Waals surface area contributed by atoms with E-state index in [4.69, 9.17) is 5.73 Å². The molecule has 25 heavy (non-hydrogen) atoms. The first kappa shape index (κ1) is 16.4. The molecule has 0 bridgehead atoms. The van der Waals surface area contributed by atoms with Crippen molar-refractivity contribution in [2.45, 2.75) is 6.42 Å². The fraction of sp³-hybridized carbons (Fsp3) is 0.105. The molecule has 0 radical (unpaired) electrons. The Bertz CT molecular complexity index is 834. The van der Waals surface area contributed by atoms with Gasteiger partial charge in [0.1, 0.15) is 0 Å². The van der Waals surface area contributed by atoms with Gasteiger partial charge in [0.05, 0.1) is 0 Å². The summed E-state index contributed by atoms with van der Waals surface area (Å²) in [5.41, 5.74) is 8.73. The molecule has 1 amide bonds. The lowest BCUT2D eigenvalue weighted by Gasteiger charge is -2.09. The third-order valence-electron chi connectivity index (χ3n) is 3.67. The fourth-order valence-electron chi connectivity index (χ4n) is 2.38. The van der Waals surface area contributed by atoms with E-state index in [0.717, 1.165) is 18.7 Å². The zero-order valence-electron chi connectivity index (χ0n) is 13.6. The molecular weight excluding hydrogens is 314 g/mol. The summed E-state index contributed by atoms with van der Waals surface area (Å²) in [7, 11) is 0. The molecule has 126 valence electrons. The van der Waals surface area contributed by atoms with Crippen LogP contribution in [-0.2, 0) is 6.42 Å². The number of nitrogens with zero attached hydrogens (tertiary/aromatic N) is 2. The molecule has 0 spiro atoms. The lowest BCUT2D eigenvalue weighted by atomic mass is 10.1. The fourth-order valence-corrected chi connectivity index (χ4v) is 2.38. The normalized spacial score (nSPS) is 10.2. The standard InChI is InChI=1S/C19H19N5O/c20-18-17(22-12-13-23-18)19(25)24-16-8-6-15(7-9-16)21-11-10-14-4-2-1-3-5-14/h1-9,12-13,21H,10-11H2,(H2,20,23)(H,24,25). The van der Waals surface area contributed by atoms with E-state index in [2.05, 4.69) is 32.7 Å². The predicted octanol–water partition coefficient (Wildman–Crippen LogP) is 2.97. The quantitative estimate of drug-likeness (QED) is 0.645. The molecule has 0 aliphatic heterocycles. The first-order valence-electron chi connectivity index (χ1n) is 7.98. The maximum Gasteiger partial charge on any atom is 0.278 e. The number of hydrogen-bond donors (Lipinski definition) is 3. The van der Waals surface area contributed by atoms with Gasteiger partial charge in [0.2, 0.25) is 0 Å². The molecule has 0 unspecified atom stereocenters. The molecule has 0 fully saturated rings. The number of hydrogen-bond acceptors (Lipinski definition) is 5. The maximum absolute atomic E-state index is 12.1. The van der Waals surface area contributed by atoms with Crippen molar-refractivity contribution in [1.29, 1.82) is 0 Å². The van der Waals surface area contributed by atoms with Crippen molar-refractivity contribution in [3.05, 3.63) is 78.2 Å². The Morgan fingerprint density at radius 2 is 1.60 bits per heavy atom. The minimum absolute atomic E-state index is 0.110. The molecule has 4 N–H and O–H groups in total. The van der Waals surface area contributed by atoms with Gasteiger partial charge in [-0.3, -0.25) is 4.79 Å². The van der Waals surface area contributed by atoms with Gasteiger partial charge in [-0.15, -0.1) is 0 Å². The van der Waals surface area contributed by atoms with E-state index in [0.29, 0.717) is 5.69 Å². The van der Waals surface area contributed by atoms with Gasteiger partial charge in [0.15, 0.2) is 11.5 Å². The van der Waals surface area contributed by atoms with Crippen molar-refractivity contribution in [1.82, 2.24) is 9.97 Å². The number of benzene rings is 2. The number of anilines is 3. The summed E-state index contributed by atoms with van der Waals surface area (Å²) in [6, 6.07) is 17.8. The van der Waals surface area contributed by atoms with Gasteiger partial charge in [0.25, 0.3) is 5.91 Å². The Balaban J connectivity index is 1.53. The maximum atomic E-state index is 12.1. The second-order valence-electron chi connectivity index (χ2n) is 5.48. The van der Waals surface area contributed by atoms with Gasteiger partial charge < -0.3 is 16.4 Å². The van der Waals surface area contributed by atoms with Crippen LogP contribution in [-0.4, -0.2) is 22.4 Å². The molecular formula is C19H19N5O. The van der Waals surface area contributed by atoms with E-state index >= 15 is 0 Å². The zero-order chi connectivity index (χ0) is 17.5. The topological polar surface area (TPSA) is 92.9 Å². The van der Waals surface area contributed by atoms with Gasteiger partial charge in [0, 0.05) is 30.3 Å². The largest absolute Gasteiger partial charge is 0.385 e. The third-order valence-corrected chi connectivity index (χ3v) is 3.67. The van der Waals surface area contributed by atoms with E-state index in [9.17, 15) is 4.79 Å². The van der Waals surface area contributed by atoms with Gasteiger partial charge in [-0.25, -0.2) is 9.97 Å². The van der Waals surface area contributed by atoms with Crippen LogP contribution in [0.2, 0.25) is 0 Å². The Labute approximate surface area is 146 Å². The molecule has 3 aromatic rings. The number of nitrogens with one attached hydrogen (secondary N) is 2. The van der Waals surface area contributed by atoms with E-state index in [1.54, 1.807) is 0 Å². The number of amides is 1. The van der Waals surface area contributed by atoms with Crippen LogP contribution in [0.25, 0.3) is 0 Å². The summed E-state index contributed by atoms with van der Waals surface area (Å²) in [5, 5.41) is 6.12. The van der Waals surface area contributed by atoms with Crippen molar-refractivity contribution in [2.75, 3.05) is 22.9 Å². The van der Waals surface area contributed by atoms with Gasteiger partial charge in [-0.1, -0.05) is 30.3 Å². The number of aromatic nitrogens is 2. The van der Waals surface area contributed by atoms with E-state index in [1.165, 1.54) is 18.0 Å². The molecule has 6 heteroatoms. The van der Waals surface area contributed by atoms with Gasteiger partial charge in [-0.05, 0) is 36.2 Å². The van der Waals surface area contributed by atoms with Gasteiger partial charge in [-0.2, -0.15) is 0 Å². The van der Waals surface area contributed by atoms with Crippen molar-refractivity contribution in [2.24, 2.45) is 0 Å². The molecule has 0 aliphatic carbocycles. The van der Waals surface area contributed by atoms with Crippen molar-refractivity contribution < 1.29 is 4.79 Å². The van der Waals surface area contributed by atoms with Gasteiger partial charge >= 0.3 is 0 Å². The number of rotatable bonds is 6. The third kappa shape index (κ3) is 4.54. The van der Waals surface area contributed by atoms with E-state index in [-0.39, 0.29) is 17.4 Å². The predicted molar refractivity (Wildman–Crippen MR) is 99.5 cm³/mol. The molecule has 1 heterocycles. The van der Waals surface area contributed by atoms with Crippen molar-refractivity contribution >= 4 is 23.1 Å². The average Bonchev–Trinajstić information content (AvgIpc) is 2.64. The lowest BCUT2D eigenvalue weighted by Crippen LogP contribution is -2.16. The first-order valence-corrected chi connectivity index (χ1v) is 7.98. The van der Waals surface area contributed by atoms with Crippen LogP contribution in [0.5, 0.6) is 0 Å². The summed E-state index contributed by atoms with van der Waals surface area (Å²) >= 11 is 0. The molecule has 0 saturated heterocycles. The first-order chi connectivity index (χ1) is 12.2. The molecule has 6 nitrogen and oxygen atoms in total. The van der Waals surface area contributed by atoms with Crippen LogP contribution >= 0.6 is 0 Å². The summed E-state index contributed by atoms with van der Waals surface area (Å²) in [6.45, 7) is 0.839. The smallest absolute Gasteiger partial charge is 0.278 e. The molecule has 1 aromatic heterocycles. The highest BCUT2D eigenvalue weighted by atomic mass is 16.1. The summed E-state index contributed by atoms with van der Waals surface area (Å²) in [6.07, 6.45) is 3.83. The second kappa shape index (κ2) is 7.92. The molecule has 3 rings (SSSR count). The minimum atomic E-state index is -0.379. The number of carbonyl (C=O) groups excluding carboxylic acids is 1. The van der Waals surface area contributed by atoms with Crippen LogP contribution in [0.1, 0.15) is 16.1 Å². The van der Waals surface area contributed by atoms with E-state index < -0.39 is 0 Å². The number of nitrogens with two attached hydrogens (primary N) is 1. The second-order valence-corrected chi connectivity index (χ2v) is 5.48. The monoisotopic (exact) mass is 333 g/mol. The SMILES string of the molecule is Nc1nccnc1C(=O)Nc1ccc(NCCc2ccccc2)cc1. The van der Waals surface area contributed by atoms with Crippen LogP contribution in [0.4, 0.5) is 17.2 Å². The highest BCUT2D eigenvalue weighted by Crippen LogP contribution is 2.15. The molecule has 0 aliphatic rings. The molecule has 2 aromatic carbocycles. The number of nitrogen functional groups attached to an aromatic ring is 1. The summed E-state index contributed by atoms with van der Waals surface area (Å²) < 4.78 is 0. The Morgan fingerprint density at radius 3 is 2.32 bits per heavy atom. The summed E-state index contributed by atoms with van der Waals surface area (Å²) in [5.74, 6) is -0.269. The Hall–Kier alpha value is -3.41. The van der Waals surface area contributed by atoms with Crippen LogP contribution < -0.4 is 16.4 Å². The molecule has 0 saturated carbocycles. The van der Waals surface area contributed by atoms with Crippen molar-refractivity contribution in [3.8, 4) is 0 Å².